The van der Waals surface area contributed by atoms with E-state index in [0.717, 1.165) is 31.3 Å². The average molecular weight is 445 g/mol. The molecule has 7 heteroatoms. The van der Waals surface area contributed by atoms with Gasteiger partial charge in [0.1, 0.15) is 12.7 Å². The second kappa shape index (κ2) is 9.87. The molecule has 0 aliphatic carbocycles. The van der Waals surface area contributed by atoms with Crippen molar-refractivity contribution in [3.05, 3.63) is 84.1 Å². The van der Waals surface area contributed by atoms with Crippen LogP contribution >= 0.6 is 0 Å². The predicted molar refractivity (Wildman–Crippen MR) is 130 cm³/mol. The molecule has 172 valence electrons. The first-order valence-electron chi connectivity index (χ1n) is 11.8. The third-order valence-electron chi connectivity index (χ3n) is 7.07. The molecule has 0 saturated carbocycles. The van der Waals surface area contributed by atoms with Gasteiger partial charge < -0.3 is 15.8 Å². The second-order valence-electron chi connectivity index (χ2n) is 9.03. The molecule has 0 amide bonds. The molecular weight excluding hydrogens is 412 g/mol. The number of nitrogens with zero attached hydrogens (tertiary/aromatic N) is 4. The summed E-state index contributed by atoms with van der Waals surface area (Å²) in [5, 5.41) is 15.7. The van der Waals surface area contributed by atoms with E-state index in [-0.39, 0.29) is 18.6 Å². The molecule has 2 aromatic carbocycles. The molecule has 2 aromatic heterocycles. The largest absolute Gasteiger partial charge is 0.396 e. The Hall–Kier alpha value is -3.00. The van der Waals surface area contributed by atoms with Crippen LogP contribution in [0.1, 0.15) is 35.4 Å². The number of fused-ring (bicyclic) bond motifs is 1. The fourth-order valence-electron chi connectivity index (χ4n) is 5.43. The minimum atomic E-state index is 0.111. The molecule has 5 rings (SSSR count). The lowest BCUT2D eigenvalue weighted by atomic mass is 9.89. The van der Waals surface area contributed by atoms with E-state index in [4.69, 9.17) is 5.73 Å². The van der Waals surface area contributed by atoms with Crippen LogP contribution in [0.15, 0.2) is 67.4 Å². The van der Waals surface area contributed by atoms with E-state index < -0.39 is 0 Å². The van der Waals surface area contributed by atoms with Crippen LogP contribution in [0, 0.1) is 0 Å². The number of aliphatic hydroxyl groups is 1. The Morgan fingerprint density at radius 3 is 2.82 bits per heavy atom. The van der Waals surface area contributed by atoms with Crippen LogP contribution in [0.4, 0.5) is 0 Å². The van der Waals surface area contributed by atoms with Crippen molar-refractivity contribution in [3.63, 3.8) is 0 Å². The topological polar surface area (TPSA) is 96.0 Å². The molecule has 1 aliphatic rings. The highest BCUT2D eigenvalue weighted by molar-refractivity contribution is 5.84. The monoisotopic (exact) mass is 444 g/mol. The number of H-pyrrole nitrogens is 1. The van der Waals surface area contributed by atoms with Gasteiger partial charge in [0.25, 0.3) is 0 Å². The fourth-order valence-corrected chi connectivity index (χ4v) is 5.43. The van der Waals surface area contributed by atoms with Crippen molar-refractivity contribution in [2.75, 3.05) is 19.7 Å². The first-order chi connectivity index (χ1) is 16.3. The Labute approximate surface area is 194 Å². The Morgan fingerprint density at radius 2 is 2.06 bits per heavy atom. The predicted octanol–water partition coefficient (Wildman–Crippen LogP) is 2.92. The minimum absolute atomic E-state index is 0.111. The second-order valence-corrected chi connectivity index (χ2v) is 9.03. The van der Waals surface area contributed by atoms with Crippen molar-refractivity contribution >= 4 is 10.9 Å². The maximum absolute atomic E-state index is 10.3. The van der Waals surface area contributed by atoms with E-state index in [1.165, 1.54) is 22.1 Å². The van der Waals surface area contributed by atoms with Crippen LogP contribution in [0.2, 0.25) is 0 Å². The minimum Gasteiger partial charge on any atom is -0.396 e. The van der Waals surface area contributed by atoms with E-state index in [0.29, 0.717) is 19.1 Å². The molecular formula is C26H32N6O. The highest BCUT2D eigenvalue weighted by Gasteiger charge is 2.36. The number of hydrogen-bond donors (Lipinski definition) is 3. The van der Waals surface area contributed by atoms with Crippen LogP contribution in [-0.2, 0) is 13.0 Å². The zero-order valence-electron chi connectivity index (χ0n) is 18.8. The number of nitrogens with two attached hydrogens (primary N) is 1. The number of benzene rings is 2. The van der Waals surface area contributed by atoms with Crippen LogP contribution in [0.5, 0.6) is 0 Å². The maximum atomic E-state index is 10.3. The van der Waals surface area contributed by atoms with Crippen LogP contribution in [-0.4, -0.2) is 61.5 Å². The van der Waals surface area contributed by atoms with Crippen LogP contribution < -0.4 is 5.73 Å². The number of aromatic nitrogens is 4. The van der Waals surface area contributed by atoms with Gasteiger partial charge in [-0.2, -0.15) is 5.10 Å². The van der Waals surface area contributed by atoms with Crippen LogP contribution in [0.3, 0.4) is 0 Å². The van der Waals surface area contributed by atoms with E-state index in [1.807, 2.05) is 10.7 Å². The Balaban J connectivity index is 1.38. The van der Waals surface area contributed by atoms with Gasteiger partial charge in [-0.3, -0.25) is 4.90 Å². The van der Waals surface area contributed by atoms with Crippen molar-refractivity contribution in [1.29, 1.82) is 0 Å². The third-order valence-corrected chi connectivity index (χ3v) is 7.07. The van der Waals surface area contributed by atoms with Crippen molar-refractivity contribution in [3.8, 4) is 0 Å². The van der Waals surface area contributed by atoms with Gasteiger partial charge in [0.2, 0.25) is 0 Å². The average Bonchev–Trinajstić information content (AvgIpc) is 3.61. The summed E-state index contributed by atoms with van der Waals surface area (Å²) < 4.78 is 1.84. The number of rotatable bonds is 9. The van der Waals surface area contributed by atoms with Gasteiger partial charge in [-0.1, -0.05) is 36.4 Å². The van der Waals surface area contributed by atoms with Gasteiger partial charge in [-0.15, -0.1) is 0 Å². The number of nitrogens with one attached hydrogen (secondary N) is 1. The molecule has 1 aliphatic heterocycles. The van der Waals surface area contributed by atoms with Gasteiger partial charge in [-0.05, 0) is 54.6 Å². The standard InChI is InChI=1S/C26H32N6O/c27-13-22(32-10-4-7-26(32)24(16-33)20-5-2-1-3-6-20)12-21-14-29-25-9-8-19(11-23(21)25)15-31-18-28-17-30-31/h1-3,5-6,8-9,11,14,17-18,22,24,26,29,33H,4,7,10,12-13,15-16,27H2. The van der Waals surface area contributed by atoms with Gasteiger partial charge in [0, 0.05) is 41.6 Å². The highest BCUT2D eigenvalue weighted by atomic mass is 16.3. The van der Waals surface area contributed by atoms with Crippen molar-refractivity contribution in [2.45, 2.75) is 43.8 Å². The molecule has 1 saturated heterocycles. The van der Waals surface area contributed by atoms with Crippen molar-refractivity contribution in [2.24, 2.45) is 5.73 Å². The molecule has 3 heterocycles. The Morgan fingerprint density at radius 1 is 1.18 bits per heavy atom. The molecule has 0 bridgehead atoms. The molecule has 3 atom stereocenters. The van der Waals surface area contributed by atoms with E-state index in [2.05, 4.69) is 68.6 Å². The zero-order chi connectivity index (χ0) is 22.6. The number of aromatic amines is 1. The zero-order valence-corrected chi connectivity index (χ0v) is 18.8. The first kappa shape index (κ1) is 21.8. The summed E-state index contributed by atoms with van der Waals surface area (Å²) in [6, 6.07) is 17.5. The van der Waals surface area contributed by atoms with E-state index >= 15 is 0 Å². The summed E-state index contributed by atoms with van der Waals surface area (Å²) in [4.78, 5) is 10.0. The van der Waals surface area contributed by atoms with Gasteiger partial charge in [-0.25, -0.2) is 9.67 Å². The summed E-state index contributed by atoms with van der Waals surface area (Å²) >= 11 is 0. The lowest BCUT2D eigenvalue weighted by Gasteiger charge is -2.36. The summed E-state index contributed by atoms with van der Waals surface area (Å²) in [5.41, 5.74) is 11.2. The molecule has 33 heavy (non-hydrogen) atoms. The molecule has 0 spiro atoms. The number of aliphatic hydroxyl groups excluding tert-OH is 1. The summed E-state index contributed by atoms with van der Waals surface area (Å²) in [7, 11) is 0. The van der Waals surface area contributed by atoms with Crippen molar-refractivity contribution < 1.29 is 5.11 Å². The molecule has 4 aromatic rings. The normalized spacial score (nSPS) is 18.7. The molecule has 7 nitrogen and oxygen atoms in total. The first-order valence-corrected chi connectivity index (χ1v) is 11.8. The van der Waals surface area contributed by atoms with Crippen LogP contribution in [0.25, 0.3) is 10.9 Å². The van der Waals surface area contributed by atoms with E-state index in [1.54, 1.807) is 12.7 Å². The SMILES string of the molecule is NCC(Cc1c[nH]c2ccc(Cn3cncn3)cc12)N1CCCC1C(CO)c1ccccc1. The maximum Gasteiger partial charge on any atom is 0.137 e. The van der Waals surface area contributed by atoms with Gasteiger partial charge in [0.05, 0.1) is 13.2 Å². The smallest absolute Gasteiger partial charge is 0.137 e. The van der Waals surface area contributed by atoms with Gasteiger partial charge >= 0.3 is 0 Å². The highest BCUT2D eigenvalue weighted by Crippen LogP contribution is 2.33. The number of hydrogen-bond acceptors (Lipinski definition) is 5. The van der Waals surface area contributed by atoms with Crippen molar-refractivity contribution in [1.82, 2.24) is 24.6 Å². The van der Waals surface area contributed by atoms with E-state index in [9.17, 15) is 5.11 Å². The lowest BCUT2D eigenvalue weighted by Crippen LogP contribution is -2.47. The molecule has 0 radical (unpaired) electrons. The molecule has 4 N–H and O–H groups in total. The Bertz CT molecular complexity index is 1160. The third kappa shape index (κ3) is 4.57. The molecule has 1 fully saturated rings. The summed E-state index contributed by atoms with van der Waals surface area (Å²) in [6.45, 7) is 2.47. The number of likely N-dealkylation sites (tertiary alicyclic amines) is 1. The molecule has 3 unspecified atom stereocenters. The summed E-state index contributed by atoms with van der Waals surface area (Å²) in [6.07, 6.45) is 8.54. The summed E-state index contributed by atoms with van der Waals surface area (Å²) in [5.74, 6) is 0.111. The quantitative estimate of drug-likeness (QED) is 0.369. The Kier molecular flexibility index (Phi) is 6.53. The van der Waals surface area contributed by atoms with Gasteiger partial charge in [0.15, 0.2) is 0 Å². The lowest BCUT2D eigenvalue weighted by molar-refractivity contribution is 0.130. The fraction of sp³-hybridized carbons (Fsp3) is 0.385.